The van der Waals surface area contributed by atoms with Crippen LogP contribution in [-0.4, -0.2) is 24.0 Å². The molecule has 20 heavy (non-hydrogen) atoms. The summed E-state index contributed by atoms with van der Waals surface area (Å²) in [6.45, 7) is 0. The number of aromatic nitrogens is 2. The lowest BCUT2D eigenvalue weighted by molar-refractivity contribution is 0.547. The highest BCUT2D eigenvalue weighted by molar-refractivity contribution is 7.89. The van der Waals surface area contributed by atoms with E-state index in [0.717, 1.165) is 0 Å². The SMILES string of the molecule is Cn1cnc(N)c1S(=O)(=O)NC1Cc2ccccc2C1. The number of hydrogen-bond acceptors (Lipinski definition) is 4. The zero-order valence-electron chi connectivity index (χ0n) is 11.1. The van der Waals surface area contributed by atoms with Crippen LogP contribution in [0.2, 0.25) is 0 Å². The van der Waals surface area contributed by atoms with Crippen molar-refractivity contribution in [3.63, 3.8) is 0 Å². The normalized spacial score (nSPS) is 15.4. The average molecular weight is 292 g/mol. The topological polar surface area (TPSA) is 90.0 Å². The average Bonchev–Trinajstić information content (AvgIpc) is 2.91. The van der Waals surface area contributed by atoms with Gasteiger partial charge < -0.3 is 10.3 Å². The van der Waals surface area contributed by atoms with E-state index in [-0.39, 0.29) is 16.9 Å². The molecule has 0 radical (unpaired) electrons. The molecule has 0 bridgehead atoms. The van der Waals surface area contributed by atoms with Crippen LogP contribution in [0.5, 0.6) is 0 Å². The van der Waals surface area contributed by atoms with E-state index in [4.69, 9.17) is 5.73 Å². The second-order valence-corrected chi connectivity index (χ2v) is 6.67. The number of rotatable bonds is 3. The first-order valence-corrected chi connectivity index (χ1v) is 7.81. The van der Waals surface area contributed by atoms with Crippen molar-refractivity contribution in [2.75, 3.05) is 5.73 Å². The molecule has 6 nitrogen and oxygen atoms in total. The number of nitrogen functional groups attached to an aromatic ring is 1. The van der Waals surface area contributed by atoms with Crippen molar-refractivity contribution in [2.45, 2.75) is 23.9 Å². The van der Waals surface area contributed by atoms with Crippen LogP contribution >= 0.6 is 0 Å². The summed E-state index contributed by atoms with van der Waals surface area (Å²) in [5, 5.41) is 0.0217. The van der Waals surface area contributed by atoms with Crippen LogP contribution in [0.3, 0.4) is 0 Å². The van der Waals surface area contributed by atoms with Crippen molar-refractivity contribution < 1.29 is 8.42 Å². The summed E-state index contributed by atoms with van der Waals surface area (Å²) in [4.78, 5) is 3.82. The Kier molecular flexibility index (Phi) is 3.02. The van der Waals surface area contributed by atoms with Gasteiger partial charge >= 0.3 is 0 Å². The molecular formula is C13H16N4O2S. The minimum Gasteiger partial charge on any atom is -0.381 e. The lowest BCUT2D eigenvalue weighted by Gasteiger charge is -2.13. The van der Waals surface area contributed by atoms with Gasteiger partial charge in [0.25, 0.3) is 10.0 Å². The number of sulfonamides is 1. The molecule has 0 atom stereocenters. The van der Waals surface area contributed by atoms with Crippen LogP contribution in [0.4, 0.5) is 5.82 Å². The van der Waals surface area contributed by atoms with Crippen molar-refractivity contribution in [1.82, 2.24) is 14.3 Å². The predicted octanol–water partition coefficient (Wildman–Crippen LogP) is 0.448. The summed E-state index contributed by atoms with van der Waals surface area (Å²) in [6, 6.07) is 7.86. The van der Waals surface area contributed by atoms with Gasteiger partial charge in [0.2, 0.25) is 0 Å². The number of imidazole rings is 1. The Labute approximate surface area is 117 Å². The van der Waals surface area contributed by atoms with Gasteiger partial charge in [0.15, 0.2) is 10.8 Å². The number of nitrogens with one attached hydrogen (secondary N) is 1. The predicted molar refractivity (Wildman–Crippen MR) is 75.6 cm³/mol. The van der Waals surface area contributed by atoms with Gasteiger partial charge in [0.05, 0.1) is 6.33 Å². The molecule has 0 aliphatic heterocycles. The number of benzene rings is 1. The molecule has 3 rings (SSSR count). The van der Waals surface area contributed by atoms with Gasteiger partial charge in [0.1, 0.15) is 0 Å². The van der Waals surface area contributed by atoms with Gasteiger partial charge in [-0.05, 0) is 24.0 Å². The van der Waals surface area contributed by atoms with Gasteiger partial charge in [-0.15, -0.1) is 0 Å². The summed E-state index contributed by atoms with van der Waals surface area (Å²) >= 11 is 0. The Bertz CT molecular complexity index is 707. The van der Waals surface area contributed by atoms with Gasteiger partial charge in [-0.25, -0.2) is 18.1 Å². The van der Waals surface area contributed by atoms with Crippen LogP contribution in [0, 0.1) is 0 Å². The number of nitrogens with two attached hydrogens (primary N) is 1. The molecular weight excluding hydrogens is 276 g/mol. The van der Waals surface area contributed by atoms with Crippen LogP contribution in [0.1, 0.15) is 11.1 Å². The quantitative estimate of drug-likeness (QED) is 0.859. The first-order chi connectivity index (χ1) is 9.47. The van der Waals surface area contributed by atoms with Crippen LogP contribution < -0.4 is 10.5 Å². The number of fused-ring (bicyclic) bond motifs is 1. The zero-order chi connectivity index (χ0) is 14.3. The number of nitrogens with zero attached hydrogens (tertiary/aromatic N) is 2. The molecule has 0 saturated carbocycles. The summed E-state index contributed by atoms with van der Waals surface area (Å²) < 4.78 is 28.9. The molecule has 0 fully saturated rings. The van der Waals surface area contributed by atoms with E-state index in [2.05, 4.69) is 9.71 Å². The van der Waals surface area contributed by atoms with Gasteiger partial charge in [0, 0.05) is 13.1 Å². The Morgan fingerprint density at radius 1 is 1.30 bits per heavy atom. The standard InChI is InChI=1S/C13H16N4O2S/c1-17-8-15-12(14)13(17)20(18,19)16-11-6-9-4-2-3-5-10(9)7-11/h2-5,8,11,16H,6-7,14H2,1H3. The molecule has 1 heterocycles. The van der Waals surface area contributed by atoms with Crippen molar-refractivity contribution in [1.29, 1.82) is 0 Å². The molecule has 1 aromatic carbocycles. The third kappa shape index (κ3) is 2.19. The Morgan fingerprint density at radius 2 is 1.90 bits per heavy atom. The summed E-state index contributed by atoms with van der Waals surface area (Å²) in [6.07, 6.45) is 2.80. The van der Waals surface area contributed by atoms with Crippen LogP contribution in [0.25, 0.3) is 0 Å². The Hall–Kier alpha value is -1.86. The second-order valence-electron chi connectivity index (χ2n) is 5.04. The van der Waals surface area contributed by atoms with E-state index in [1.54, 1.807) is 7.05 Å². The first-order valence-electron chi connectivity index (χ1n) is 6.33. The highest BCUT2D eigenvalue weighted by atomic mass is 32.2. The second kappa shape index (κ2) is 4.60. The molecule has 1 aliphatic rings. The van der Waals surface area contributed by atoms with E-state index in [1.807, 2.05) is 24.3 Å². The molecule has 3 N–H and O–H groups in total. The van der Waals surface area contributed by atoms with Crippen molar-refractivity contribution >= 4 is 15.8 Å². The molecule has 7 heteroatoms. The maximum Gasteiger partial charge on any atom is 0.260 e. The third-order valence-electron chi connectivity index (χ3n) is 3.54. The van der Waals surface area contributed by atoms with Crippen LogP contribution in [-0.2, 0) is 29.9 Å². The fraction of sp³-hybridized carbons (Fsp3) is 0.308. The van der Waals surface area contributed by atoms with Gasteiger partial charge in [-0.1, -0.05) is 24.3 Å². The highest BCUT2D eigenvalue weighted by Gasteiger charge is 2.29. The maximum atomic E-state index is 12.4. The van der Waals surface area contributed by atoms with E-state index >= 15 is 0 Å². The van der Waals surface area contributed by atoms with Crippen molar-refractivity contribution in [3.05, 3.63) is 41.7 Å². The molecule has 0 amide bonds. The number of hydrogen-bond donors (Lipinski definition) is 2. The molecule has 2 aromatic rings. The lowest BCUT2D eigenvalue weighted by atomic mass is 10.1. The maximum absolute atomic E-state index is 12.4. The minimum absolute atomic E-state index is 0.0217. The summed E-state index contributed by atoms with van der Waals surface area (Å²) in [7, 11) is -2.04. The zero-order valence-corrected chi connectivity index (χ0v) is 11.9. The largest absolute Gasteiger partial charge is 0.381 e. The van der Waals surface area contributed by atoms with Crippen molar-refractivity contribution in [3.8, 4) is 0 Å². The Balaban J connectivity index is 1.83. The number of anilines is 1. The highest BCUT2D eigenvalue weighted by Crippen LogP contribution is 2.24. The first kappa shape index (κ1) is 13.1. The minimum atomic E-state index is -3.65. The number of aryl methyl sites for hydroxylation is 1. The molecule has 106 valence electrons. The van der Waals surface area contributed by atoms with E-state index in [1.165, 1.54) is 22.0 Å². The monoisotopic (exact) mass is 292 g/mol. The van der Waals surface area contributed by atoms with Gasteiger partial charge in [-0.3, -0.25) is 0 Å². The molecule has 1 aliphatic carbocycles. The van der Waals surface area contributed by atoms with Crippen molar-refractivity contribution in [2.24, 2.45) is 7.05 Å². The summed E-state index contributed by atoms with van der Waals surface area (Å²) in [5.41, 5.74) is 8.02. The van der Waals surface area contributed by atoms with E-state index in [9.17, 15) is 8.42 Å². The summed E-state index contributed by atoms with van der Waals surface area (Å²) in [5.74, 6) is 0.0236. The third-order valence-corrected chi connectivity index (χ3v) is 5.19. The smallest absolute Gasteiger partial charge is 0.260 e. The molecule has 1 aromatic heterocycles. The van der Waals surface area contributed by atoms with E-state index in [0.29, 0.717) is 12.8 Å². The van der Waals surface area contributed by atoms with Crippen LogP contribution in [0.15, 0.2) is 35.6 Å². The fourth-order valence-electron chi connectivity index (χ4n) is 2.68. The molecule has 0 spiro atoms. The lowest BCUT2D eigenvalue weighted by Crippen LogP contribution is -2.36. The van der Waals surface area contributed by atoms with Gasteiger partial charge in [-0.2, -0.15) is 0 Å². The molecule has 0 unspecified atom stereocenters. The Morgan fingerprint density at radius 3 is 2.40 bits per heavy atom. The van der Waals surface area contributed by atoms with E-state index < -0.39 is 10.0 Å². The molecule has 0 saturated heterocycles. The fourth-order valence-corrected chi connectivity index (χ4v) is 4.15.